The zero-order chi connectivity index (χ0) is 14.0. The third-order valence-corrected chi connectivity index (χ3v) is 3.17. The average Bonchev–Trinajstić information content (AvgIpc) is 2.35. The predicted molar refractivity (Wildman–Crippen MR) is 73.7 cm³/mol. The number of benzene rings is 1. The van der Waals surface area contributed by atoms with Crippen LogP contribution < -0.4 is 4.74 Å². The fourth-order valence-corrected chi connectivity index (χ4v) is 2.43. The molecule has 0 aliphatic rings. The van der Waals surface area contributed by atoms with Crippen LogP contribution in [0, 0.1) is 13.8 Å². The second kappa shape index (κ2) is 5.26. The van der Waals surface area contributed by atoms with E-state index < -0.39 is 5.97 Å². The summed E-state index contributed by atoms with van der Waals surface area (Å²) in [6.45, 7) is 3.97. The van der Waals surface area contributed by atoms with Gasteiger partial charge in [0.05, 0.1) is 12.6 Å². The van der Waals surface area contributed by atoms with Crippen LogP contribution in [0.4, 0.5) is 0 Å². The van der Waals surface area contributed by atoms with Gasteiger partial charge in [0.25, 0.3) is 0 Å². The van der Waals surface area contributed by atoms with Crippen molar-refractivity contribution in [3.63, 3.8) is 0 Å². The lowest BCUT2D eigenvalue weighted by molar-refractivity contribution is -0.136. The van der Waals surface area contributed by atoms with Crippen molar-refractivity contribution in [3.8, 4) is 5.75 Å². The highest BCUT2D eigenvalue weighted by atomic mass is 16.5. The Bertz CT molecular complexity index is 635. The van der Waals surface area contributed by atoms with E-state index in [0.29, 0.717) is 6.42 Å². The van der Waals surface area contributed by atoms with Crippen LogP contribution in [0.2, 0.25) is 0 Å². The molecule has 0 spiro atoms. The van der Waals surface area contributed by atoms with Gasteiger partial charge in [-0.3, -0.25) is 9.78 Å². The summed E-state index contributed by atoms with van der Waals surface area (Å²) >= 11 is 0. The SMILES string of the molecule is COc1ccc2nc(C)cc(C)c2c1CCC(=O)O. The lowest BCUT2D eigenvalue weighted by atomic mass is 9.98. The number of hydrogen-bond acceptors (Lipinski definition) is 3. The first kappa shape index (κ1) is 13.3. The molecule has 1 N–H and O–H groups in total. The Balaban J connectivity index is 2.64. The third kappa shape index (κ3) is 2.67. The molecule has 4 nitrogen and oxygen atoms in total. The summed E-state index contributed by atoms with van der Waals surface area (Å²) in [4.78, 5) is 15.3. The molecule has 1 aromatic heterocycles. The van der Waals surface area contributed by atoms with Gasteiger partial charge < -0.3 is 9.84 Å². The molecule has 0 atom stereocenters. The first-order valence-electron chi connectivity index (χ1n) is 6.18. The maximum Gasteiger partial charge on any atom is 0.303 e. The van der Waals surface area contributed by atoms with Gasteiger partial charge in [-0.2, -0.15) is 0 Å². The van der Waals surface area contributed by atoms with E-state index in [4.69, 9.17) is 9.84 Å². The molecule has 2 aromatic rings. The van der Waals surface area contributed by atoms with Crippen molar-refractivity contribution in [3.05, 3.63) is 35.0 Å². The van der Waals surface area contributed by atoms with Crippen LogP contribution in [-0.4, -0.2) is 23.2 Å². The van der Waals surface area contributed by atoms with Gasteiger partial charge in [0, 0.05) is 23.1 Å². The summed E-state index contributed by atoms with van der Waals surface area (Å²) in [6.07, 6.45) is 0.532. The molecule has 0 aliphatic heterocycles. The molecule has 1 heterocycles. The van der Waals surface area contributed by atoms with Gasteiger partial charge in [-0.15, -0.1) is 0 Å². The van der Waals surface area contributed by atoms with Crippen molar-refractivity contribution in [2.24, 2.45) is 0 Å². The van der Waals surface area contributed by atoms with Crippen LogP contribution in [0.25, 0.3) is 10.9 Å². The molecule has 0 radical (unpaired) electrons. The summed E-state index contributed by atoms with van der Waals surface area (Å²) in [5.41, 5.74) is 3.87. The van der Waals surface area contributed by atoms with E-state index in [2.05, 4.69) is 4.98 Å². The molecular formula is C15H17NO3. The van der Waals surface area contributed by atoms with E-state index in [1.54, 1.807) is 7.11 Å². The lowest BCUT2D eigenvalue weighted by Gasteiger charge is -2.13. The summed E-state index contributed by atoms with van der Waals surface area (Å²) in [6, 6.07) is 5.77. The number of pyridine rings is 1. The van der Waals surface area contributed by atoms with E-state index in [1.807, 2.05) is 32.0 Å². The number of nitrogens with zero attached hydrogens (tertiary/aromatic N) is 1. The fourth-order valence-electron chi connectivity index (χ4n) is 2.43. The van der Waals surface area contributed by atoms with Gasteiger partial charge >= 0.3 is 5.97 Å². The first-order chi connectivity index (χ1) is 9.02. The van der Waals surface area contributed by atoms with E-state index >= 15 is 0 Å². The lowest BCUT2D eigenvalue weighted by Crippen LogP contribution is -2.02. The minimum atomic E-state index is -0.809. The van der Waals surface area contributed by atoms with Gasteiger partial charge in [0.2, 0.25) is 0 Å². The van der Waals surface area contributed by atoms with Gasteiger partial charge in [0.1, 0.15) is 5.75 Å². The Morgan fingerprint density at radius 2 is 2.11 bits per heavy atom. The molecule has 0 saturated carbocycles. The predicted octanol–water partition coefficient (Wildman–Crippen LogP) is 2.88. The van der Waals surface area contributed by atoms with Crippen LogP contribution in [0.5, 0.6) is 5.75 Å². The number of carboxylic acid groups (broad SMARTS) is 1. The molecule has 2 rings (SSSR count). The standard InChI is InChI=1S/C15H17NO3/c1-9-8-10(2)16-12-5-6-13(19-3)11(15(9)12)4-7-14(17)18/h5-6,8H,4,7H2,1-3H3,(H,17,18). The number of methoxy groups -OCH3 is 1. The van der Waals surface area contributed by atoms with Gasteiger partial charge in [-0.1, -0.05) is 0 Å². The van der Waals surface area contributed by atoms with Crippen molar-refractivity contribution >= 4 is 16.9 Å². The molecule has 1 aromatic carbocycles. The molecule has 0 unspecified atom stereocenters. The Morgan fingerprint density at radius 3 is 2.74 bits per heavy atom. The maximum atomic E-state index is 10.8. The highest BCUT2D eigenvalue weighted by Crippen LogP contribution is 2.30. The molecule has 19 heavy (non-hydrogen) atoms. The Hall–Kier alpha value is -2.10. The number of aliphatic carboxylic acids is 1. The van der Waals surface area contributed by atoms with E-state index in [9.17, 15) is 4.79 Å². The number of carbonyl (C=O) groups is 1. The minimum absolute atomic E-state index is 0.0861. The number of carboxylic acids is 1. The molecule has 0 aliphatic carbocycles. The molecule has 0 amide bonds. The van der Waals surface area contributed by atoms with Crippen molar-refractivity contribution in [1.82, 2.24) is 4.98 Å². The van der Waals surface area contributed by atoms with Crippen molar-refractivity contribution in [1.29, 1.82) is 0 Å². The number of hydrogen-bond donors (Lipinski definition) is 1. The molecule has 0 saturated heterocycles. The normalized spacial score (nSPS) is 10.7. The monoisotopic (exact) mass is 259 g/mol. The van der Waals surface area contributed by atoms with Crippen LogP contribution in [-0.2, 0) is 11.2 Å². The number of fused-ring (bicyclic) bond motifs is 1. The Labute approximate surface area is 112 Å². The second-order valence-electron chi connectivity index (χ2n) is 4.61. The zero-order valence-electron chi connectivity index (χ0n) is 11.4. The molecular weight excluding hydrogens is 242 g/mol. The third-order valence-electron chi connectivity index (χ3n) is 3.17. The molecule has 4 heteroatoms. The summed E-state index contributed by atoms with van der Waals surface area (Å²) in [7, 11) is 1.60. The Kier molecular flexibility index (Phi) is 3.69. The van der Waals surface area contributed by atoms with E-state index in [-0.39, 0.29) is 6.42 Å². The van der Waals surface area contributed by atoms with Crippen LogP contribution in [0.15, 0.2) is 18.2 Å². The number of rotatable bonds is 4. The van der Waals surface area contributed by atoms with Crippen molar-refractivity contribution in [2.45, 2.75) is 26.7 Å². The van der Waals surface area contributed by atoms with Gasteiger partial charge in [0.15, 0.2) is 0 Å². The van der Waals surface area contributed by atoms with Crippen molar-refractivity contribution < 1.29 is 14.6 Å². The number of aromatic nitrogens is 1. The first-order valence-corrected chi connectivity index (χ1v) is 6.18. The smallest absolute Gasteiger partial charge is 0.303 e. The quantitative estimate of drug-likeness (QED) is 0.917. The molecule has 0 bridgehead atoms. The second-order valence-corrected chi connectivity index (χ2v) is 4.61. The van der Waals surface area contributed by atoms with Crippen LogP contribution in [0.1, 0.15) is 23.2 Å². The van der Waals surface area contributed by atoms with Crippen molar-refractivity contribution in [2.75, 3.05) is 7.11 Å². The highest BCUT2D eigenvalue weighted by Gasteiger charge is 2.13. The van der Waals surface area contributed by atoms with E-state index in [0.717, 1.165) is 33.5 Å². The summed E-state index contributed by atoms with van der Waals surface area (Å²) in [5.74, 6) is -0.0840. The summed E-state index contributed by atoms with van der Waals surface area (Å²) in [5, 5.41) is 9.87. The highest BCUT2D eigenvalue weighted by molar-refractivity contribution is 5.88. The van der Waals surface area contributed by atoms with E-state index in [1.165, 1.54) is 0 Å². The number of ether oxygens (including phenoxy) is 1. The summed E-state index contributed by atoms with van der Waals surface area (Å²) < 4.78 is 5.35. The number of aryl methyl sites for hydroxylation is 3. The minimum Gasteiger partial charge on any atom is -0.496 e. The Morgan fingerprint density at radius 1 is 1.37 bits per heavy atom. The fraction of sp³-hybridized carbons (Fsp3) is 0.333. The van der Waals surface area contributed by atoms with Gasteiger partial charge in [-0.05, 0) is 44.0 Å². The largest absolute Gasteiger partial charge is 0.496 e. The van der Waals surface area contributed by atoms with Gasteiger partial charge in [-0.25, -0.2) is 0 Å². The molecule has 0 fully saturated rings. The average molecular weight is 259 g/mol. The maximum absolute atomic E-state index is 10.8. The van der Waals surface area contributed by atoms with Crippen LogP contribution >= 0.6 is 0 Å². The zero-order valence-corrected chi connectivity index (χ0v) is 11.4. The van der Waals surface area contributed by atoms with Crippen LogP contribution in [0.3, 0.4) is 0 Å². The topological polar surface area (TPSA) is 59.4 Å². The molecule has 100 valence electrons.